The summed E-state index contributed by atoms with van der Waals surface area (Å²) in [5.74, 6) is 1.12. The van der Waals surface area contributed by atoms with Crippen molar-refractivity contribution in [1.29, 1.82) is 0 Å². The Labute approximate surface area is 205 Å². The van der Waals surface area contributed by atoms with Crippen LogP contribution in [0.3, 0.4) is 0 Å². The predicted molar refractivity (Wildman–Crippen MR) is 135 cm³/mol. The van der Waals surface area contributed by atoms with Crippen LogP contribution in [0.15, 0.2) is 82.2 Å². The van der Waals surface area contributed by atoms with Gasteiger partial charge in [0, 0.05) is 16.5 Å². The zero-order valence-electron chi connectivity index (χ0n) is 18.8. The molecule has 0 unspecified atom stereocenters. The zero-order chi connectivity index (χ0) is 24.2. The summed E-state index contributed by atoms with van der Waals surface area (Å²) in [6.45, 7) is 0.496. The molecule has 2 heterocycles. The number of phenols is 1. The molecule has 0 spiro atoms. The number of methoxy groups -OCH3 is 1. The molecular weight excluding hydrogens is 464 g/mol. The third-order valence-corrected chi connectivity index (χ3v) is 6.23. The first kappa shape index (κ1) is 22.4. The highest BCUT2D eigenvalue weighted by Crippen LogP contribution is 2.33. The highest BCUT2D eigenvalue weighted by molar-refractivity contribution is 7.07. The Balaban J connectivity index is 1.58. The SMILES string of the molecule is COc1ccc(O)c(C=Nn2c(-c3ccc4c(c3)NC(=O)CO4)csc2=NCc2ccccc2)c1. The van der Waals surface area contributed by atoms with Crippen molar-refractivity contribution < 1.29 is 19.4 Å². The Morgan fingerprint density at radius 3 is 2.86 bits per heavy atom. The third kappa shape index (κ3) is 4.95. The first-order chi connectivity index (χ1) is 17.1. The maximum absolute atomic E-state index is 11.8. The lowest BCUT2D eigenvalue weighted by molar-refractivity contribution is -0.118. The summed E-state index contributed by atoms with van der Waals surface area (Å²) in [5.41, 5.74) is 3.81. The molecule has 0 atom stereocenters. The van der Waals surface area contributed by atoms with E-state index < -0.39 is 0 Å². The van der Waals surface area contributed by atoms with Crippen molar-refractivity contribution in [3.05, 3.63) is 88.0 Å². The number of nitrogens with one attached hydrogen (secondary N) is 1. The number of phenolic OH excluding ortho intramolecular Hbond substituents is 1. The van der Waals surface area contributed by atoms with Gasteiger partial charge in [0.15, 0.2) is 6.61 Å². The number of thiazole rings is 1. The van der Waals surface area contributed by atoms with E-state index in [-0.39, 0.29) is 18.3 Å². The van der Waals surface area contributed by atoms with E-state index >= 15 is 0 Å². The lowest BCUT2D eigenvalue weighted by Gasteiger charge is -2.18. The molecule has 1 amide bonds. The Hall–Kier alpha value is -4.37. The molecule has 1 aliphatic heterocycles. The second-order valence-corrected chi connectivity index (χ2v) is 8.57. The van der Waals surface area contributed by atoms with E-state index in [2.05, 4.69) is 10.4 Å². The van der Waals surface area contributed by atoms with Crippen LogP contribution in [0.5, 0.6) is 17.2 Å². The van der Waals surface area contributed by atoms with Gasteiger partial charge in [-0.15, -0.1) is 11.3 Å². The Kier molecular flexibility index (Phi) is 6.32. The molecule has 0 fully saturated rings. The molecule has 5 rings (SSSR count). The second-order valence-electron chi connectivity index (χ2n) is 7.73. The number of nitrogens with zero attached hydrogens (tertiary/aromatic N) is 3. The molecule has 0 aliphatic carbocycles. The van der Waals surface area contributed by atoms with E-state index in [9.17, 15) is 9.90 Å². The molecule has 3 aromatic carbocycles. The number of rotatable bonds is 6. The molecule has 35 heavy (non-hydrogen) atoms. The normalized spacial score (nSPS) is 13.4. The minimum absolute atomic E-state index is 0.00162. The van der Waals surface area contributed by atoms with Crippen molar-refractivity contribution in [2.45, 2.75) is 6.54 Å². The van der Waals surface area contributed by atoms with Gasteiger partial charge in [-0.3, -0.25) is 9.79 Å². The van der Waals surface area contributed by atoms with Crippen molar-refractivity contribution in [2.24, 2.45) is 10.1 Å². The fraction of sp³-hybridized carbons (Fsp3) is 0.115. The fourth-order valence-corrected chi connectivity index (χ4v) is 4.42. The summed E-state index contributed by atoms with van der Waals surface area (Å²) in [7, 11) is 1.57. The number of aromatic nitrogens is 1. The van der Waals surface area contributed by atoms with E-state index in [0.717, 1.165) is 16.8 Å². The molecule has 2 N–H and O–H groups in total. The van der Waals surface area contributed by atoms with E-state index in [4.69, 9.17) is 14.5 Å². The number of hydrogen-bond donors (Lipinski definition) is 2. The Morgan fingerprint density at radius 1 is 1.17 bits per heavy atom. The summed E-state index contributed by atoms with van der Waals surface area (Å²) in [5, 5.41) is 19.8. The average molecular weight is 487 g/mol. The highest BCUT2D eigenvalue weighted by Gasteiger charge is 2.18. The summed E-state index contributed by atoms with van der Waals surface area (Å²) >= 11 is 1.45. The van der Waals surface area contributed by atoms with Gasteiger partial charge in [-0.1, -0.05) is 30.3 Å². The summed E-state index contributed by atoms with van der Waals surface area (Å²) in [6.07, 6.45) is 1.57. The van der Waals surface area contributed by atoms with Gasteiger partial charge in [-0.2, -0.15) is 5.10 Å². The quantitative estimate of drug-likeness (QED) is 0.398. The van der Waals surface area contributed by atoms with Crippen LogP contribution >= 0.6 is 11.3 Å². The molecule has 0 saturated carbocycles. The summed E-state index contributed by atoms with van der Waals surface area (Å²) in [4.78, 5) is 17.3. The van der Waals surface area contributed by atoms with Gasteiger partial charge in [0.25, 0.3) is 5.91 Å². The van der Waals surface area contributed by atoms with Crippen LogP contribution in [-0.2, 0) is 11.3 Å². The van der Waals surface area contributed by atoms with Crippen LogP contribution < -0.4 is 19.6 Å². The molecule has 1 aliphatic rings. The smallest absolute Gasteiger partial charge is 0.262 e. The van der Waals surface area contributed by atoms with Crippen LogP contribution in [-0.4, -0.2) is 35.6 Å². The monoisotopic (exact) mass is 486 g/mol. The van der Waals surface area contributed by atoms with E-state index in [1.807, 2.05) is 53.9 Å². The molecule has 0 radical (unpaired) electrons. The number of benzene rings is 3. The van der Waals surface area contributed by atoms with Crippen molar-refractivity contribution in [1.82, 2.24) is 4.68 Å². The number of carbonyl (C=O) groups excluding carboxylic acids is 1. The second kappa shape index (κ2) is 9.86. The molecule has 9 heteroatoms. The third-order valence-electron chi connectivity index (χ3n) is 5.38. The fourth-order valence-electron chi connectivity index (χ4n) is 3.59. The lowest BCUT2D eigenvalue weighted by Crippen LogP contribution is -2.25. The number of amides is 1. The minimum atomic E-state index is -0.196. The topological polar surface area (TPSA) is 97.4 Å². The Morgan fingerprint density at radius 2 is 2.03 bits per heavy atom. The molecule has 4 aromatic rings. The van der Waals surface area contributed by atoms with Crippen LogP contribution in [0, 0.1) is 0 Å². The average Bonchev–Trinajstić information content (AvgIpc) is 3.29. The number of carbonyl (C=O) groups is 1. The lowest BCUT2D eigenvalue weighted by atomic mass is 10.1. The van der Waals surface area contributed by atoms with Gasteiger partial charge in [0.05, 0.1) is 31.3 Å². The van der Waals surface area contributed by atoms with Gasteiger partial charge in [-0.25, -0.2) is 4.68 Å². The summed E-state index contributed by atoms with van der Waals surface area (Å²) < 4.78 is 12.5. The summed E-state index contributed by atoms with van der Waals surface area (Å²) in [6, 6.07) is 20.5. The predicted octanol–water partition coefficient (Wildman–Crippen LogP) is 4.24. The number of aromatic hydroxyl groups is 1. The van der Waals surface area contributed by atoms with Crippen LogP contribution in [0.25, 0.3) is 11.3 Å². The van der Waals surface area contributed by atoms with E-state index in [1.165, 1.54) is 11.3 Å². The van der Waals surface area contributed by atoms with E-state index in [0.29, 0.717) is 34.1 Å². The van der Waals surface area contributed by atoms with Gasteiger partial charge in [0.1, 0.15) is 17.2 Å². The van der Waals surface area contributed by atoms with Gasteiger partial charge < -0.3 is 19.9 Å². The van der Waals surface area contributed by atoms with Crippen LogP contribution in [0.1, 0.15) is 11.1 Å². The molecular formula is C26H22N4O4S. The van der Waals surface area contributed by atoms with Crippen LogP contribution in [0.2, 0.25) is 0 Å². The number of ether oxygens (including phenoxy) is 2. The van der Waals surface area contributed by atoms with Gasteiger partial charge in [-0.05, 0) is 42.0 Å². The zero-order valence-corrected chi connectivity index (χ0v) is 19.7. The first-order valence-electron chi connectivity index (χ1n) is 10.8. The van der Waals surface area contributed by atoms with Crippen molar-refractivity contribution >= 4 is 29.1 Å². The largest absolute Gasteiger partial charge is 0.507 e. The Bertz CT molecular complexity index is 1470. The standard InChI is InChI=1S/C26H22N4O4S/c1-33-20-8-9-23(31)19(11-20)14-28-30-22(16-35-26(30)27-13-17-5-3-2-4-6-17)18-7-10-24-21(12-18)29-25(32)15-34-24/h2-12,14,16,31H,13,15H2,1H3,(H,29,32). The molecule has 1 aromatic heterocycles. The minimum Gasteiger partial charge on any atom is -0.507 e. The van der Waals surface area contributed by atoms with E-state index in [1.54, 1.807) is 36.2 Å². The van der Waals surface area contributed by atoms with Gasteiger partial charge >= 0.3 is 0 Å². The maximum Gasteiger partial charge on any atom is 0.262 e. The molecule has 176 valence electrons. The van der Waals surface area contributed by atoms with Crippen molar-refractivity contribution in [3.8, 4) is 28.5 Å². The van der Waals surface area contributed by atoms with Crippen molar-refractivity contribution in [2.75, 3.05) is 19.0 Å². The van der Waals surface area contributed by atoms with Crippen molar-refractivity contribution in [3.63, 3.8) is 0 Å². The first-order valence-corrected chi connectivity index (χ1v) is 11.7. The van der Waals surface area contributed by atoms with Gasteiger partial charge in [0.2, 0.25) is 4.80 Å². The number of anilines is 1. The maximum atomic E-state index is 11.8. The number of hydrogen-bond acceptors (Lipinski definition) is 7. The van der Waals surface area contributed by atoms with Crippen LogP contribution in [0.4, 0.5) is 5.69 Å². The molecule has 0 saturated heterocycles. The number of fused-ring (bicyclic) bond motifs is 1. The molecule has 8 nitrogen and oxygen atoms in total. The highest BCUT2D eigenvalue weighted by atomic mass is 32.1. The molecule has 0 bridgehead atoms.